The molecule has 0 atom stereocenters. The van der Waals surface area contributed by atoms with E-state index >= 15 is 0 Å². The maximum absolute atomic E-state index is 13.0. The SMILES string of the molecule is CN(C(=O)C(=O)OC(C)(C)C)c1cccc(F)c1. The lowest BCUT2D eigenvalue weighted by Gasteiger charge is -2.22. The molecule has 98 valence electrons. The molecule has 0 saturated heterocycles. The third kappa shape index (κ3) is 3.84. The van der Waals surface area contributed by atoms with Gasteiger partial charge in [0.15, 0.2) is 0 Å². The van der Waals surface area contributed by atoms with Crippen molar-refractivity contribution in [3.63, 3.8) is 0 Å². The number of esters is 1. The number of ether oxygens (including phenoxy) is 1. The Hall–Kier alpha value is -1.91. The van der Waals surface area contributed by atoms with Crippen LogP contribution in [0, 0.1) is 5.82 Å². The molecule has 18 heavy (non-hydrogen) atoms. The fourth-order valence-corrected chi connectivity index (χ4v) is 1.26. The standard InChI is InChI=1S/C13H16FNO3/c1-13(2,3)18-12(17)11(16)15(4)10-7-5-6-9(14)8-10/h5-8H,1-4H3. The van der Waals surface area contributed by atoms with E-state index in [9.17, 15) is 14.0 Å². The number of halogens is 1. The van der Waals surface area contributed by atoms with Crippen molar-refractivity contribution < 1.29 is 18.7 Å². The largest absolute Gasteiger partial charge is 0.453 e. The van der Waals surface area contributed by atoms with E-state index in [-0.39, 0.29) is 0 Å². The average molecular weight is 253 g/mol. The van der Waals surface area contributed by atoms with Crippen LogP contribution in [0.3, 0.4) is 0 Å². The zero-order chi connectivity index (χ0) is 13.9. The third-order valence-electron chi connectivity index (χ3n) is 2.07. The summed E-state index contributed by atoms with van der Waals surface area (Å²) in [5.41, 5.74) is -0.443. The number of amides is 1. The van der Waals surface area contributed by atoms with Gasteiger partial charge < -0.3 is 9.64 Å². The maximum atomic E-state index is 13.0. The number of benzene rings is 1. The summed E-state index contributed by atoms with van der Waals surface area (Å²) in [4.78, 5) is 24.4. The summed E-state index contributed by atoms with van der Waals surface area (Å²) in [7, 11) is 1.39. The maximum Gasteiger partial charge on any atom is 0.397 e. The van der Waals surface area contributed by atoms with E-state index in [0.29, 0.717) is 5.69 Å². The molecule has 1 amide bonds. The van der Waals surface area contributed by atoms with Gasteiger partial charge in [-0.3, -0.25) is 4.79 Å². The van der Waals surface area contributed by atoms with Gasteiger partial charge in [0.25, 0.3) is 0 Å². The zero-order valence-corrected chi connectivity index (χ0v) is 10.9. The molecule has 0 aromatic heterocycles. The molecule has 1 aromatic carbocycles. The molecular weight excluding hydrogens is 237 g/mol. The first kappa shape index (κ1) is 14.2. The molecular formula is C13H16FNO3. The second-order valence-corrected chi connectivity index (χ2v) is 4.85. The van der Waals surface area contributed by atoms with Crippen molar-refractivity contribution in [3.8, 4) is 0 Å². The molecule has 0 unspecified atom stereocenters. The van der Waals surface area contributed by atoms with E-state index < -0.39 is 23.3 Å². The summed E-state index contributed by atoms with van der Waals surface area (Å²) in [6.45, 7) is 5.00. The normalized spacial score (nSPS) is 10.9. The quantitative estimate of drug-likeness (QED) is 0.569. The van der Waals surface area contributed by atoms with Crippen LogP contribution in [0.25, 0.3) is 0 Å². The summed E-state index contributed by atoms with van der Waals surface area (Å²) in [6, 6.07) is 5.42. The Morgan fingerprint density at radius 3 is 2.39 bits per heavy atom. The van der Waals surface area contributed by atoms with Crippen LogP contribution in [0.15, 0.2) is 24.3 Å². The zero-order valence-electron chi connectivity index (χ0n) is 10.9. The van der Waals surface area contributed by atoms with Gasteiger partial charge in [-0.05, 0) is 39.0 Å². The number of hydrogen-bond acceptors (Lipinski definition) is 3. The second kappa shape index (κ2) is 5.16. The summed E-state index contributed by atoms with van der Waals surface area (Å²) < 4.78 is 18.0. The molecule has 0 N–H and O–H groups in total. The van der Waals surface area contributed by atoms with Crippen molar-refractivity contribution in [2.45, 2.75) is 26.4 Å². The van der Waals surface area contributed by atoms with E-state index in [4.69, 9.17) is 4.74 Å². The fourth-order valence-electron chi connectivity index (χ4n) is 1.26. The van der Waals surface area contributed by atoms with Gasteiger partial charge in [0.2, 0.25) is 0 Å². The molecule has 0 saturated carbocycles. The highest BCUT2D eigenvalue weighted by molar-refractivity contribution is 6.38. The molecule has 0 spiro atoms. The Morgan fingerprint density at radius 1 is 1.28 bits per heavy atom. The predicted octanol–water partition coefficient (Wildman–Crippen LogP) is 2.13. The lowest BCUT2D eigenvalue weighted by molar-refractivity contribution is -0.162. The topological polar surface area (TPSA) is 46.6 Å². The van der Waals surface area contributed by atoms with Gasteiger partial charge in [0.05, 0.1) is 0 Å². The smallest absolute Gasteiger partial charge is 0.397 e. The Balaban J connectivity index is 2.81. The van der Waals surface area contributed by atoms with Crippen LogP contribution >= 0.6 is 0 Å². The molecule has 0 aliphatic heterocycles. The predicted molar refractivity (Wildman–Crippen MR) is 65.7 cm³/mol. The lowest BCUT2D eigenvalue weighted by Crippen LogP contribution is -2.38. The van der Waals surface area contributed by atoms with E-state index in [1.807, 2.05) is 0 Å². The van der Waals surface area contributed by atoms with Gasteiger partial charge in [-0.25, -0.2) is 9.18 Å². The van der Waals surface area contributed by atoms with Crippen LogP contribution < -0.4 is 4.90 Å². The van der Waals surface area contributed by atoms with Crippen molar-refractivity contribution >= 4 is 17.6 Å². The molecule has 0 radical (unpaired) electrons. The summed E-state index contributed by atoms with van der Waals surface area (Å²) in [5, 5.41) is 0. The molecule has 0 aliphatic carbocycles. The van der Waals surface area contributed by atoms with E-state index in [2.05, 4.69) is 0 Å². The Labute approximate surface area is 105 Å². The van der Waals surface area contributed by atoms with Crippen LogP contribution in [-0.2, 0) is 14.3 Å². The molecule has 0 bridgehead atoms. The van der Waals surface area contributed by atoms with Crippen molar-refractivity contribution in [1.82, 2.24) is 0 Å². The van der Waals surface area contributed by atoms with Crippen molar-refractivity contribution in [3.05, 3.63) is 30.1 Å². The molecule has 1 rings (SSSR count). The molecule has 0 fully saturated rings. The van der Waals surface area contributed by atoms with Gasteiger partial charge in [0.1, 0.15) is 11.4 Å². The van der Waals surface area contributed by atoms with E-state index in [0.717, 1.165) is 4.90 Å². The fraction of sp³-hybridized carbons (Fsp3) is 0.385. The molecule has 5 heteroatoms. The Kier molecular flexibility index (Phi) is 4.06. The van der Waals surface area contributed by atoms with Gasteiger partial charge in [-0.1, -0.05) is 6.07 Å². The number of anilines is 1. The number of hydrogen-bond donors (Lipinski definition) is 0. The number of nitrogens with zero attached hydrogens (tertiary/aromatic N) is 1. The summed E-state index contributed by atoms with van der Waals surface area (Å²) in [5.74, 6) is -2.28. The Morgan fingerprint density at radius 2 is 1.89 bits per heavy atom. The van der Waals surface area contributed by atoms with Crippen LogP contribution in [-0.4, -0.2) is 24.5 Å². The Bertz CT molecular complexity index is 466. The highest BCUT2D eigenvalue weighted by atomic mass is 19.1. The summed E-state index contributed by atoms with van der Waals surface area (Å²) in [6.07, 6.45) is 0. The summed E-state index contributed by atoms with van der Waals surface area (Å²) >= 11 is 0. The van der Waals surface area contributed by atoms with Crippen molar-refractivity contribution in [2.75, 3.05) is 11.9 Å². The lowest BCUT2D eigenvalue weighted by atomic mass is 10.2. The van der Waals surface area contributed by atoms with E-state index in [1.54, 1.807) is 20.8 Å². The van der Waals surface area contributed by atoms with Gasteiger partial charge in [-0.2, -0.15) is 0 Å². The van der Waals surface area contributed by atoms with Gasteiger partial charge >= 0.3 is 11.9 Å². The van der Waals surface area contributed by atoms with Crippen LogP contribution in [0.4, 0.5) is 10.1 Å². The van der Waals surface area contributed by atoms with Crippen LogP contribution in [0.5, 0.6) is 0 Å². The molecule has 4 nitrogen and oxygen atoms in total. The van der Waals surface area contributed by atoms with Crippen LogP contribution in [0.2, 0.25) is 0 Å². The van der Waals surface area contributed by atoms with Crippen molar-refractivity contribution in [2.24, 2.45) is 0 Å². The monoisotopic (exact) mass is 253 g/mol. The van der Waals surface area contributed by atoms with Crippen molar-refractivity contribution in [1.29, 1.82) is 0 Å². The second-order valence-electron chi connectivity index (χ2n) is 4.85. The number of likely N-dealkylation sites (N-methyl/N-ethyl adjacent to an activating group) is 1. The van der Waals surface area contributed by atoms with Gasteiger partial charge in [-0.15, -0.1) is 0 Å². The first-order chi connectivity index (χ1) is 8.20. The minimum Gasteiger partial charge on any atom is -0.453 e. The number of rotatable bonds is 1. The minimum atomic E-state index is -0.964. The van der Waals surface area contributed by atoms with E-state index in [1.165, 1.54) is 31.3 Å². The third-order valence-corrected chi connectivity index (χ3v) is 2.07. The molecule has 1 aromatic rings. The number of carbonyl (C=O) groups is 2. The van der Waals surface area contributed by atoms with Gasteiger partial charge in [0, 0.05) is 12.7 Å². The molecule has 0 heterocycles. The van der Waals surface area contributed by atoms with Crippen LogP contribution in [0.1, 0.15) is 20.8 Å². The minimum absolute atomic E-state index is 0.297. The average Bonchev–Trinajstić information content (AvgIpc) is 2.24. The first-order valence-corrected chi connectivity index (χ1v) is 5.47. The number of carbonyl (C=O) groups excluding carboxylic acids is 2. The first-order valence-electron chi connectivity index (χ1n) is 5.47. The molecule has 0 aliphatic rings. The highest BCUT2D eigenvalue weighted by Crippen LogP contribution is 2.15. The highest BCUT2D eigenvalue weighted by Gasteiger charge is 2.26.